The van der Waals surface area contributed by atoms with Crippen molar-refractivity contribution < 1.29 is 0 Å². The zero-order valence-electron chi connectivity index (χ0n) is 9.87. The molecule has 0 aliphatic heterocycles. The van der Waals surface area contributed by atoms with Crippen molar-refractivity contribution in [3.63, 3.8) is 0 Å². The Morgan fingerprint density at radius 2 is 2.21 bits per heavy atom. The Morgan fingerprint density at radius 3 is 2.95 bits per heavy atom. The van der Waals surface area contributed by atoms with E-state index >= 15 is 0 Å². The number of hydrogen-bond donors (Lipinski definition) is 0. The van der Waals surface area contributed by atoms with Gasteiger partial charge in [0.2, 0.25) is 0 Å². The van der Waals surface area contributed by atoms with Gasteiger partial charge in [-0.1, -0.05) is 11.6 Å². The average molecular weight is 294 g/mol. The lowest BCUT2D eigenvalue weighted by Gasteiger charge is -2.03. The first-order valence-corrected chi connectivity index (χ1v) is 6.60. The molecule has 96 valence electrons. The van der Waals surface area contributed by atoms with Crippen LogP contribution in [0.1, 0.15) is 11.4 Å². The second-order valence-corrected chi connectivity index (χ2v) is 5.11. The highest BCUT2D eigenvalue weighted by molar-refractivity contribution is 7.12. The van der Waals surface area contributed by atoms with Gasteiger partial charge >= 0.3 is 0 Å². The summed E-state index contributed by atoms with van der Waals surface area (Å²) in [5.74, 6) is 0. The van der Waals surface area contributed by atoms with Gasteiger partial charge in [0.1, 0.15) is 0 Å². The first kappa shape index (κ1) is 12.2. The summed E-state index contributed by atoms with van der Waals surface area (Å²) in [6.07, 6.45) is 1.50. The van der Waals surface area contributed by atoms with Crippen LogP contribution in [0.4, 0.5) is 0 Å². The zero-order chi connectivity index (χ0) is 13.4. The van der Waals surface area contributed by atoms with Gasteiger partial charge in [0.15, 0.2) is 9.98 Å². The molecule has 0 aliphatic carbocycles. The van der Waals surface area contributed by atoms with Gasteiger partial charge in [-0.3, -0.25) is 9.36 Å². The second-order valence-electron chi connectivity index (χ2n) is 3.97. The minimum Gasteiger partial charge on any atom is -0.292 e. The molecular weight excluding hydrogens is 286 g/mol. The van der Waals surface area contributed by atoms with Crippen LogP contribution in [0.15, 0.2) is 23.3 Å². The Kier molecular flexibility index (Phi) is 3.00. The Morgan fingerprint density at radius 1 is 1.37 bits per heavy atom. The average Bonchev–Trinajstić information content (AvgIpc) is 2.78. The largest absolute Gasteiger partial charge is 0.292 e. The predicted molar refractivity (Wildman–Crippen MR) is 72.6 cm³/mol. The number of aromatic nitrogens is 5. The highest BCUT2D eigenvalue weighted by Gasteiger charge is 2.10. The molecule has 0 radical (unpaired) electrons. The van der Waals surface area contributed by atoms with Gasteiger partial charge in [0.05, 0.1) is 29.6 Å². The highest BCUT2D eigenvalue weighted by atomic mass is 35.5. The molecule has 0 aliphatic rings. The maximum absolute atomic E-state index is 12.3. The van der Waals surface area contributed by atoms with E-state index in [0.29, 0.717) is 33.3 Å². The van der Waals surface area contributed by atoms with Gasteiger partial charge in [-0.25, -0.2) is 4.98 Å². The fourth-order valence-corrected chi connectivity index (χ4v) is 2.56. The SMILES string of the molecule is Cc1nsc2ncn(Cc3ccc(Cl)nn3)c(=O)c12. The summed E-state index contributed by atoms with van der Waals surface area (Å²) in [5, 5.41) is 8.55. The predicted octanol–water partition coefficient (Wildman–Crippen LogP) is 1.65. The van der Waals surface area contributed by atoms with E-state index < -0.39 is 0 Å². The van der Waals surface area contributed by atoms with Crippen LogP contribution in [0.25, 0.3) is 10.2 Å². The van der Waals surface area contributed by atoms with E-state index in [2.05, 4.69) is 19.6 Å². The summed E-state index contributed by atoms with van der Waals surface area (Å²) in [7, 11) is 0. The Hall–Kier alpha value is -1.86. The number of fused-ring (bicyclic) bond motifs is 1. The maximum atomic E-state index is 12.3. The molecule has 0 unspecified atom stereocenters. The molecule has 19 heavy (non-hydrogen) atoms. The van der Waals surface area contributed by atoms with Gasteiger partial charge in [-0.2, -0.15) is 9.47 Å². The lowest BCUT2D eigenvalue weighted by Crippen LogP contribution is -2.21. The molecule has 0 spiro atoms. The van der Waals surface area contributed by atoms with Crippen molar-refractivity contribution in [2.45, 2.75) is 13.5 Å². The lowest BCUT2D eigenvalue weighted by atomic mass is 10.3. The summed E-state index contributed by atoms with van der Waals surface area (Å²) in [6, 6.07) is 3.36. The molecule has 8 heteroatoms. The maximum Gasteiger partial charge on any atom is 0.264 e. The lowest BCUT2D eigenvalue weighted by molar-refractivity contribution is 0.715. The smallest absolute Gasteiger partial charge is 0.264 e. The molecular formula is C11H8ClN5OS. The molecule has 3 heterocycles. The van der Waals surface area contributed by atoms with Crippen LogP contribution in [0.2, 0.25) is 5.15 Å². The third kappa shape index (κ3) is 2.22. The van der Waals surface area contributed by atoms with Crippen LogP contribution in [0.3, 0.4) is 0 Å². The van der Waals surface area contributed by atoms with Crippen LogP contribution in [0.5, 0.6) is 0 Å². The van der Waals surface area contributed by atoms with E-state index in [-0.39, 0.29) is 5.56 Å². The molecule has 0 saturated carbocycles. The molecule has 0 aromatic carbocycles. The molecule has 0 amide bonds. The van der Waals surface area contributed by atoms with Gasteiger partial charge in [0, 0.05) is 0 Å². The number of rotatable bonds is 2. The molecule has 0 bridgehead atoms. The van der Waals surface area contributed by atoms with Crippen LogP contribution >= 0.6 is 23.1 Å². The van der Waals surface area contributed by atoms with E-state index in [1.54, 1.807) is 19.1 Å². The summed E-state index contributed by atoms with van der Waals surface area (Å²) in [4.78, 5) is 17.2. The van der Waals surface area contributed by atoms with Gasteiger partial charge in [-0.05, 0) is 30.6 Å². The Balaban J connectivity index is 2.06. The normalized spacial score (nSPS) is 11.1. The van der Waals surface area contributed by atoms with E-state index in [1.807, 2.05) is 0 Å². The first-order chi connectivity index (χ1) is 9.15. The molecule has 0 atom stereocenters. The van der Waals surface area contributed by atoms with Crippen molar-refractivity contribution in [2.75, 3.05) is 0 Å². The standard InChI is InChI=1S/C11H8ClN5OS/c1-6-9-10(19-16-6)13-5-17(11(9)18)4-7-2-3-8(12)15-14-7/h2-3,5H,4H2,1H3. The van der Waals surface area contributed by atoms with E-state index in [0.717, 1.165) is 0 Å². The third-order valence-corrected chi connectivity index (χ3v) is 3.70. The summed E-state index contributed by atoms with van der Waals surface area (Å²) in [6.45, 7) is 2.11. The van der Waals surface area contributed by atoms with Gasteiger partial charge in [0.25, 0.3) is 5.56 Å². The fourth-order valence-electron chi connectivity index (χ4n) is 1.73. The van der Waals surface area contributed by atoms with Crippen molar-refractivity contribution in [2.24, 2.45) is 0 Å². The number of hydrogen-bond acceptors (Lipinski definition) is 6. The number of halogens is 1. The molecule has 3 aromatic rings. The van der Waals surface area contributed by atoms with Gasteiger partial charge < -0.3 is 0 Å². The van der Waals surface area contributed by atoms with Crippen LogP contribution < -0.4 is 5.56 Å². The van der Waals surface area contributed by atoms with E-state index in [4.69, 9.17) is 11.6 Å². The second kappa shape index (κ2) is 4.67. The van der Waals surface area contributed by atoms with Crippen LogP contribution in [-0.2, 0) is 6.54 Å². The van der Waals surface area contributed by atoms with Crippen molar-refractivity contribution in [1.29, 1.82) is 0 Å². The van der Waals surface area contributed by atoms with Gasteiger partial charge in [-0.15, -0.1) is 5.10 Å². The zero-order valence-corrected chi connectivity index (χ0v) is 11.4. The van der Waals surface area contributed by atoms with Crippen molar-refractivity contribution in [3.05, 3.63) is 45.4 Å². The quantitative estimate of drug-likeness (QED) is 0.718. The summed E-state index contributed by atoms with van der Waals surface area (Å²) < 4.78 is 5.62. The monoisotopic (exact) mass is 293 g/mol. The van der Waals surface area contributed by atoms with E-state index in [1.165, 1.54) is 22.4 Å². The Bertz CT molecular complexity index is 795. The molecule has 0 fully saturated rings. The topological polar surface area (TPSA) is 73.6 Å². The number of nitrogens with zero attached hydrogens (tertiary/aromatic N) is 5. The van der Waals surface area contributed by atoms with Crippen LogP contribution in [-0.4, -0.2) is 24.1 Å². The van der Waals surface area contributed by atoms with Crippen molar-refractivity contribution >= 4 is 33.4 Å². The minimum absolute atomic E-state index is 0.118. The summed E-state index contributed by atoms with van der Waals surface area (Å²) in [5.41, 5.74) is 1.23. The molecule has 3 rings (SSSR count). The molecule has 0 saturated heterocycles. The van der Waals surface area contributed by atoms with E-state index in [9.17, 15) is 4.79 Å². The molecule has 0 N–H and O–H groups in total. The van der Waals surface area contributed by atoms with Crippen molar-refractivity contribution in [1.82, 2.24) is 24.1 Å². The Labute approximate surface area is 116 Å². The molecule has 3 aromatic heterocycles. The highest BCUT2D eigenvalue weighted by Crippen LogP contribution is 2.15. The molecule has 6 nitrogen and oxygen atoms in total. The fraction of sp³-hybridized carbons (Fsp3) is 0.182. The summed E-state index contributed by atoms with van der Waals surface area (Å²) >= 11 is 6.89. The van der Waals surface area contributed by atoms with Crippen LogP contribution in [0, 0.1) is 6.92 Å². The number of aryl methyl sites for hydroxylation is 1. The first-order valence-electron chi connectivity index (χ1n) is 5.44. The third-order valence-electron chi connectivity index (χ3n) is 2.65. The van der Waals surface area contributed by atoms with Crippen molar-refractivity contribution in [3.8, 4) is 0 Å². The minimum atomic E-state index is -0.118.